The fourth-order valence-corrected chi connectivity index (χ4v) is 2.82. The van der Waals surface area contributed by atoms with Gasteiger partial charge >= 0.3 is 6.03 Å². The lowest BCUT2D eigenvalue weighted by Gasteiger charge is -2.28. The summed E-state index contributed by atoms with van der Waals surface area (Å²) in [5.41, 5.74) is 1.61. The molecule has 3 heterocycles. The molecule has 1 aliphatic heterocycles. The van der Waals surface area contributed by atoms with E-state index in [-0.39, 0.29) is 18.3 Å². The zero-order chi connectivity index (χ0) is 18.6. The van der Waals surface area contributed by atoms with Gasteiger partial charge in [-0.1, -0.05) is 17.3 Å². The van der Waals surface area contributed by atoms with E-state index in [4.69, 9.17) is 4.74 Å². The van der Waals surface area contributed by atoms with Crippen LogP contribution in [0.5, 0.6) is 5.75 Å². The second-order valence-corrected chi connectivity index (χ2v) is 6.01. The van der Waals surface area contributed by atoms with Crippen LogP contribution in [0.4, 0.5) is 14.9 Å². The van der Waals surface area contributed by atoms with E-state index in [0.717, 1.165) is 5.69 Å². The Hall–Kier alpha value is -3.49. The van der Waals surface area contributed by atoms with Crippen molar-refractivity contribution in [1.82, 2.24) is 24.9 Å². The van der Waals surface area contributed by atoms with E-state index in [0.29, 0.717) is 31.1 Å². The molecule has 0 atom stereocenters. The molecule has 8 nitrogen and oxygen atoms in total. The molecule has 2 aromatic heterocycles. The van der Waals surface area contributed by atoms with Crippen LogP contribution in [0.15, 0.2) is 48.8 Å². The Morgan fingerprint density at radius 3 is 2.93 bits per heavy atom. The highest BCUT2D eigenvalue weighted by atomic mass is 19.1. The summed E-state index contributed by atoms with van der Waals surface area (Å²) in [6.45, 7) is 1.52. The van der Waals surface area contributed by atoms with Crippen LogP contribution >= 0.6 is 0 Å². The van der Waals surface area contributed by atoms with Crippen LogP contribution in [-0.2, 0) is 19.7 Å². The van der Waals surface area contributed by atoms with E-state index in [9.17, 15) is 9.18 Å². The van der Waals surface area contributed by atoms with E-state index in [1.807, 2.05) is 0 Å². The fraction of sp³-hybridized carbons (Fsp3) is 0.222. The zero-order valence-electron chi connectivity index (χ0n) is 14.4. The second kappa shape index (κ2) is 7.40. The number of nitrogens with one attached hydrogen (secondary N) is 1. The number of rotatable bonds is 4. The molecule has 0 bridgehead atoms. The summed E-state index contributed by atoms with van der Waals surface area (Å²) in [5, 5.41) is 10.9. The molecule has 2 amide bonds. The van der Waals surface area contributed by atoms with Gasteiger partial charge in [-0.2, -0.15) is 0 Å². The largest absolute Gasteiger partial charge is 0.486 e. The molecule has 27 heavy (non-hydrogen) atoms. The molecule has 4 rings (SSSR count). The van der Waals surface area contributed by atoms with Gasteiger partial charge in [-0.25, -0.2) is 13.9 Å². The number of hydrogen-bond donors (Lipinski definition) is 1. The van der Waals surface area contributed by atoms with E-state index >= 15 is 0 Å². The van der Waals surface area contributed by atoms with Crippen molar-refractivity contribution in [3.63, 3.8) is 0 Å². The molecule has 3 aromatic rings. The quantitative estimate of drug-likeness (QED) is 0.765. The topological polar surface area (TPSA) is 85.2 Å². The summed E-state index contributed by atoms with van der Waals surface area (Å²) >= 11 is 0. The molecule has 9 heteroatoms. The first-order chi connectivity index (χ1) is 13.2. The van der Waals surface area contributed by atoms with Crippen molar-refractivity contribution in [2.75, 3.05) is 11.9 Å². The molecule has 1 aliphatic rings. The second-order valence-electron chi connectivity index (χ2n) is 6.01. The summed E-state index contributed by atoms with van der Waals surface area (Å²) in [5.74, 6) is 0.157. The van der Waals surface area contributed by atoms with E-state index in [1.54, 1.807) is 46.2 Å². The molecule has 138 valence electrons. The Balaban J connectivity index is 1.44. The first kappa shape index (κ1) is 17.0. The van der Waals surface area contributed by atoms with Crippen LogP contribution in [0.25, 0.3) is 0 Å². The number of anilines is 1. The molecule has 0 spiro atoms. The van der Waals surface area contributed by atoms with Gasteiger partial charge in [-0.05, 0) is 24.3 Å². The van der Waals surface area contributed by atoms with Crippen molar-refractivity contribution < 1.29 is 13.9 Å². The van der Waals surface area contributed by atoms with Crippen molar-refractivity contribution in [2.45, 2.75) is 19.7 Å². The Kier molecular flexibility index (Phi) is 4.65. The Morgan fingerprint density at radius 1 is 1.22 bits per heavy atom. The molecule has 1 aromatic carbocycles. The number of pyridine rings is 1. The Morgan fingerprint density at radius 2 is 2.11 bits per heavy atom. The van der Waals surface area contributed by atoms with Gasteiger partial charge < -0.3 is 15.0 Å². The van der Waals surface area contributed by atoms with Gasteiger partial charge in [0.05, 0.1) is 30.7 Å². The van der Waals surface area contributed by atoms with Crippen molar-refractivity contribution in [2.24, 2.45) is 0 Å². The number of halogens is 1. The first-order valence-corrected chi connectivity index (χ1v) is 8.45. The number of fused-ring (bicyclic) bond motifs is 1. The van der Waals surface area contributed by atoms with Gasteiger partial charge in [-0.15, -0.1) is 5.10 Å². The summed E-state index contributed by atoms with van der Waals surface area (Å²) < 4.78 is 21.2. The number of nitrogens with zero attached hydrogens (tertiary/aromatic N) is 5. The minimum atomic E-state index is -0.472. The van der Waals surface area contributed by atoms with E-state index in [1.165, 1.54) is 12.1 Å². The Bertz CT molecular complexity index is 946. The number of urea groups is 1. The van der Waals surface area contributed by atoms with Crippen LogP contribution < -0.4 is 10.1 Å². The van der Waals surface area contributed by atoms with E-state index in [2.05, 4.69) is 20.6 Å². The molecular weight excluding hydrogens is 351 g/mol. The molecule has 0 saturated carbocycles. The number of hydrogen-bond acceptors (Lipinski definition) is 5. The number of ether oxygens (including phenoxy) is 1. The lowest BCUT2D eigenvalue weighted by molar-refractivity contribution is 0.193. The highest BCUT2D eigenvalue weighted by molar-refractivity contribution is 5.89. The standard InChI is InChI=1S/C18H17FN6O2/c19-14-5-1-2-6-15(14)21-18(26)24-8-9-25-17(11-24)16(22-23-25)12-27-13-4-3-7-20-10-13/h1-7,10H,8-9,11-12H2,(H,21,26). The average molecular weight is 368 g/mol. The molecule has 0 aliphatic carbocycles. The molecule has 0 unspecified atom stereocenters. The van der Waals surface area contributed by atoms with Gasteiger partial charge in [0.15, 0.2) is 0 Å². The normalized spacial score (nSPS) is 13.1. The van der Waals surface area contributed by atoms with Crippen LogP contribution in [0.3, 0.4) is 0 Å². The summed E-state index contributed by atoms with van der Waals surface area (Å²) in [6.07, 6.45) is 3.28. The maximum atomic E-state index is 13.8. The van der Waals surface area contributed by atoms with Crippen LogP contribution in [0.2, 0.25) is 0 Å². The smallest absolute Gasteiger partial charge is 0.322 e. The van der Waals surface area contributed by atoms with E-state index < -0.39 is 5.82 Å². The van der Waals surface area contributed by atoms with Crippen molar-refractivity contribution in [1.29, 1.82) is 0 Å². The SMILES string of the molecule is O=C(Nc1ccccc1F)N1CCn2nnc(COc3cccnc3)c2C1. The molecule has 1 N–H and O–H groups in total. The lowest BCUT2D eigenvalue weighted by Crippen LogP contribution is -2.41. The number of benzene rings is 1. The third kappa shape index (κ3) is 3.71. The van der Waals surface area contributed by atoms with Crippen LogP contribution in [0, 0.1) is 5.82 Å². The Labute approximate surface area is 154 Å². The summed E-state index contributed by atoms with van der Waals surface area (Å²) in [6, 6.07) is 9.29. The van der Waals surface area contributed by atoms with Gasteiger partial charge in [0.1, 0.15) is 23.9 Å². The predicted molar refractivity (Wildman–Crippen MR) is 94.4 cm³/mol. The van der Waals surface area contributed by atoms with Crippen molar-refractivity contribution in [3.8, 4) is 5.75 Å². The monoisotopic (exact) mass is 368 g/mol. The molecule has 0 saturated heterocycles. The van der Waals surface area contributed by atoms with Crippen LogP contribution in [-0.4, -0.2) is 37.5 Å². The molecular formula is C18H17FN6O2. The van der Waals surface area contributed by atoms with Gasteiger partial charge in [0.25, 0.3) is 0 Å². The summed E-state index contributed by atoms with van der Waals surface area (Å²) in [4.78, 5) is 18.1. The van der Waals surface area contributed by atoms with Crippen molar-refractivity contribution >= 4 is 11.7 Å². The molecule has 0 fully saturated rings. The minimum Gasteiger partial charge on any atom is -0.486 e. The number of para-hydroxylation sites is 1. The minimum absolute atomic E-state index is 0.153. The zero-order valence-corrected chi connectivity index (χ0v) is 14.4. The van der Waals surface area contributed by atoms with Gasteiger partial charge in [0.2, 0.25) is 0 Å². The van der Waals surface area contributed by atoms with Crippen LogP contribution in [0.1, 0.15) is 11.4 Å². The number of carbonyl (C=O) groups excluding carboxylic acids is 1. The first-order valence-electron chi connectivity index (χ1n) is 8.45. The number of aromatic nitrogens is 4. The van der Waals surface area contributed by atoms with Gasteiger partial charge in [-0.3, -0.25) is 4.98 Å². The maximum Gasteiger partial charge on any atom is 0.322 e. The third-order valence-electron chi connectivity index (χ3n) is 4.25. The molecule has 0 radical (unpaired) electrons. The number of amides is 2. The maximum absolute atomic E-state index is 13.8. The van der Waals surface area contributed by atoms with Gasteiger partial charge in [0, 0.05) is 12.7 Å². The predicted octanol–water partition coefficient (Wildman–Crippen LogP) is 2.44. The van der Waals surface area contributed by atoms with Crippen molar-refractivity contribution in [3.05, 3.63) is 66.0 Å². The number of carbonyl (C=O) groups is 1. The third-order valence-corrected chi connectivity index (χ3v) is 4.25. The summed E-state index contributed by atoms with van der Waals surface area (Å²) in [7, 11) is 0. The lowest BCUT2D eigenvalue weighted by atomic mass is 10.2. The average Bonchev–Trinajstić information content (AvgIpc) is 3.11. The highest BCUT2D eigenvalue weighted by Crippen LogP contribution is 2.19. The fourth-order valence-electron chi connectivity index (χ4n) is 2.82. The highest BCUT2D eigenvalue weighted by Gasteiger charge is 2.25.